The van der Waals surface area contributed by atoms with Crippen molar-refractivity contribution in [2.45, 2.75) is 25.0 Å². The highest BCUT2D eigenvalue weighted by atomic mass is 16.8. The summed E-state index contributed by atoms with van der Waals surface area (Å²) in [6.45, 7) is 1.35. The van der Waals surface area contributed by atoms with Crippen molar-refractivity contribution in [1.82, 2.24) is 5.06 Å². The second kappa shape index (κ2) is 10.8. The molecular formula is C22H27NO7. The number of methoxy groups -OCH3 is 1. The van der Waals surface area contributed by atoms with Crippen LogP contribution in [0.5, 0.6) is 11.5 Å². The fourth-order valence-electron chi connectivity index (χ4n) is 3.63. The second-order valence-corrected chi connectivity index (χ2v) is 6.94. The van der Waals surface area contributed by atoms with E-state index < -0.39 is 6.16 Å². The van der Waals surface area contributed by atoms with Crippen molar-refractivity contribution in [2.75, 3.05) is 33.4 Å². The summed E-state index contributed by atoms with van der Waals surface area (Å²) >= 11 is 0. The number of ether oxygens (including phenoxy) is 3. The molecule has 0 radical (unpaired) electrons. The summed E-state index contributed by atoms with van der Waals surface area (Å²) < 4.78 is 17.0. The number of hydroxylamine groups is 2. The lowest BCUT2D eigenvalue weighted by Crippen LogP contribution is -2.44. The Balaban J connectivity index is 1.73. The summed E-state index contributed by atoms with van der Waals surface area (Å²) in [7, 11) is 1.62. The molecule has 8 heteroatoms. The molecule has 1 heterocycles. The average Bonchev–Trinajstić information content (AvgIpc) is 2.76. The summed E-state index contributed by atoms with van der Waals surface area (Å²) in [6.07, 6.45) is -0.921. The van der Waals surface area contributed by atoms with Crippen LogP contribution in [0.25, 0.3) is 0 Å². The van der Waals surface area contributed by atoms with Gasteiger partial charge in [-0.1, -0.05) is 30.3 Å². The molecule has 162 valence electrons. The molecule has 2 unspecified atom stereocenters. The number of carbonyl (C=O) groups is 1. The van der Waals surface area contributed by atoms with E-state index in [-0.39, 0.29) is 25.2 Å². The van der Waals surface area contributed by atoms with Crippen molar-refractivity contribution in [3.8, 4) is 11.5 Å². The molecule has 0 spiro atoms. The minimum absolute atomic E-state index is 0.0390. The van der Waals surface area contributed by atoms with Crippen molar-refractivity contribution in [3.05, 3.63) is 59.7 Å². The maximum Gasteiger partial charge on any atom is 0.525 e. The molecule has 0 bridgehead atoms. The SMILES string of the molecule is COc1ccccc1COC1CN(OC(=O)O)CCC1c1ccc(OCCO)cc1. The van der Waals surface area contributed by atoms with Gasteiger partial charge < -0.3 is 29.3 Å². The molecule has 0 saturated carbocycles. The molecule has 0 aliphatic carbocycles. The molecule has 8 nitrogen and oxygen atoms in total. The number of benzene rings is 2. The van der Waals surface area contributed by atoms with Crippen LogP contribution in [-0.2, 0) is 16.2 Å². The third-order valence-corrected chi connectivity index (χ3v) is 5.04. The first kappa shape index (κ1) is 21.9. The van der Waals surface area contributed by atoms with Crippen LogP contribution >= 0.6 is 0 Å². The standard InChI is InChI=1S/C22H27NO7/c1-27-20-5-3-2-4-17(20)15-29-21-14-23(30-22(25)26)11-10-19(21)16-6-8-18(9-7-16)28-13-12-24/h2-9,19,21,24H,10-15H2,1H3,(H,25,26). The van der Waals surface area contributed by atoms with E-state index in [0.29, 0.717) is 31.9 Å². The van der Waals surface area contributed by atoms with Gasteiger partial charge in [0.25, 0.3) is 0 Å². The predicted molar refractivity (Wildman–Crippen MR) is 109 cm³/mol. The van der Waals surface area contributed by atoms with Crippen LogP contribution in [0.1, 0.15) is 23.5 Å². The molecule has 30 heavy (non-hydrogen) atoms. The normalized spacial score (nSPS) is 19.3. The van der Waals surface area contributed by atoms with Crippen molar-refractivity contribution in [3.63, 3.8) is 0 Å². The molecule has 1 aliphatic rings. The van der Waals surface area contributed by atoms with Crippen LogP contribution in [-0.4, -0.2) is 60.9 Å². The van der Waals surface area contributed by atoms with Crippen molar-refractivity contribution in [2.24, 2.45) is 0 Å². The lowest BCUT2D eigenvalue weighted by molar-refractivity contribution is -0.166. The van der Waals surface area contributed by atoms with Gasteiger partial charge in [-0.3, -0.25) is 0 Å². The van der Waals surface area contributed by atoms with Crippen LogP contribution in [0.3, 0.4) is 0 Å². The molecule has 2 atom stereocenters. The highest BCUT2D eigenvalue weighted by Crippen LogP contribution is 2.33. The first-order chi connectivity index (χ1) is 14.6. The zero-order valence-corrected chi connectivity index (χ0v) is 16.9. The maximum atomic E-state index is 11.0. The molecule has 2 N–H and O–H groups in total. The number of aliphatic hydroxyl groups excluding tert-OH is 1. The van der Waals surface area contributed by atoms with E-state index in [1.54, 1.807) is 7.11 Å². The van der Waals surface area contributed by atoms with Gasteiger partial charge in [-0.2, -0.15) is 0 Å². The fourth-order valence-corrected chi connectivity index (χ4v) is 3.63. The van der Waals surface area contributed by atoms with E-state index in [4.69, 9.17) is 29.3 Å². The van der Waals surface area contributed by atoms with Gasteiger partial charge in [-0.05, 0) is 30.2 Å². The smallest absolute Gasteiger partial charge is 0.496 e. The lowest BCUT2D eigenvalue weighted by atomic mass is 9.87. The Labute approximate surface area is 175 Å². The number of nitrogens with zero attached hydrogens (tertiary/aromatic N) is 1. The summed E-state index contributed by atoms with van der Waals surface area (Å²) in [6, 6.07) is 15.3. The third kappa shape index (κ3) is 5.85. The molecule has 1 aliphatic heterocycles. The van der Waals surface area contributed by atoms with Gasteiger partial charge in [0.2, 0.25) is 0 Å². The molecule has 1 saturated heterocycles. The van der Waals surface area contributed by atoms with Crippen LogP contribution in [0.15, 0.2) is 48.5 Å². The van der Waals surface area contributed by atoms with Crippen molar-refractivity contribution >= 4 is 6.16 Å². The number of aliphatic hydroxyl groups is 1. The summed E-state index contributed by atoms with van der Waals surface area (Å²) in [5.74, 6) is 1.50. The third-order valence-electron chi connectivity index (χ3n) is 5.04. The molecule has 0 aromatic heterocycles. The molecular weight excluding hydrogens is 390 g/mol. The summed E-state index contributed by atoms with van der Waals surface area (Å²) in [5.41, 5.74) is 1.99. The number of hydrogen-bond acceptors (Lipinski definition) is 7. The van der Waals surface area contributed by atoms with E-state index >= 15 is 0 Å². The van der Waals surface area contributed by atoms with Gasteiger partial charge in [0.05, 0.1) is 33.0 Å². The number of carboxylic acid groups (broad SMARTS) is 1. The number of hydrogen-bond donors (Lipinski definition) is 2. The molecule has 0 amide bonds. The molecule has 2 aromatic carbocycles. The predicted octanol–water partition coefficient (Wildman–Crippen LogP) is 3.05. The Morgan fingerprint density at radius 1 is 1.17 bits per heavy atom. The second-order valence-electron chi connectivity index (χ2n) is 6.94. The molecule has 1 fully saturated rings. The Morgan fingerprint density at radius 2 is 1.93 bits per heavy atom. The zero-order valence-electron chi connectivity index (χ0n) is 16.9. The topological polar surface area (TPSA) is 97.7 Å². The Hall–Kier alpha value is -2.81. The Bertz CT molecular complexity index is 811. The Kier molecular flexibility index (Phi) is 7.89. The first-order valence-electron chi connectivity index (χ1n) is 9.83. The van der Waals surface area contributed by atoms with E-state index in [1.807, 2.05) is 48.5 Å². The lowest BCUT2D eigenvalue weighted by Gasteiger charge is -2.37. The zero-order chi connectivity index (χ0) is 21.3. The Morgan fingerprint density at radius 3 is 2.63 bits per heavy atom. The van der Waals surface area contributed by atoms with Crippen LogP contribution in [0.4, 0.5) is 4.79 Å². The van der Waals surface area contributed by atoms with E-state index in [1.165, 1.54) is 5.06 Å². The quantitative estimate of drug-likeness (QED) is 0.643. The number of rotatable bonds is 9. The van der Waals surface area contributed by atoms with Crippen molar-refractivity contribution < 1.29 is 34.1 Å². The van der Waals surface area contributed by atoms with E-state index in [9.17, 15) is 4.79 Å². The fraction of sp³-hybridized carbons (Fsp3) is 0.409. The highest BCUT2D eigenvalue weighted by molar-refractivity contribution is 5.56. The van der Waals surface area contributed by atoms with Gasteiger partial charge in [0.15, 0.2) is 0 Å². The number of para-hydroxylation sites is 1. The summed E-state index contributed by atoms with van der Waals surface area (Å²) in [4.78, 5) is 15.8. The van der Waals surface area contributed by atoms with Crippen molar-refractivity contribution in [1.29, 1.82) is 0 Å². The van der Waals surface area contributed by atoms with Gasteiger partial charge >= 0.3 is 6.16 Å². The van der Waals surface area contributed by atoms with Crippen LogP contribution in [0, 0.1) is 0 Å². The first-order valence-corrected chi connectivity index (χ1v) is 9.83. The van der Waals surface area contributed by atoms with Crippen LogP contribution < -0.4 is 9.47 Å². The minimum atomic E-state index is -1.33. The van der Waals surface area contributed by atoms with Gasteiger partial charge in [-0.15, -0.1) is 5.06 Å². The monoisotopic (exact) mass is 417 g/mol. The van der Waals surface area contributed by atoms with E-state index in [0.717, 1.165) is 16.9 Å². The highest BCUT2D eigenvalue weighted by Gasteiger charge is 2.33. The van der Waals surface area contributed by atoms with Gasteiger partial charge in [-0.25, -0.2) is 4.79 Å². The summed E-state index contributed by atoms with van der Waals surface area (Å²) in [5, 5.41) is 19.3. The number of piperidine rings is 1. The minimum Gasteiger partial charge on any atom is -0.496 e. The van der Waals surface area contributed by atoms with E-state index in [2.05, 4.69) is 0 Å². The molecule has 2 aromatic rings. The maximum absolute atomic E-state index is 11.0. The van der Waals surface area contributed by atoms with Crippen LogP contribution in [0.2, 0.25) is 0 Å². The largest absolute Gasteiger partial charge is 0.525 e. The van der Waals surface area contributed by atoms with Gasteiger partial charge in [0.1, 0.15) is 18.1 Å². The average molecular weight is 417 g/mol. The van der Waals surface area contributed by atoms with Gasteiger partial charge in [0, 0.05) is 18.0 Å². The molecule has 3 rings (SSSR count).